The van der Waals surface area contributed by atoms with Crippen LogP contribution in [0.5, 0.6) is 0 Å². The molecule has 0 spiro atoms. The summed E-state index contributed by atoms with van der Waals surface area (Å²) in [6, 6.07) is 0. The second kappa shape index (κ2) is 56.2. The molecule has 0 radical (unpaired) electrons. The highest BCUT2D eigenvalue weighted by Crippen LogP contribution is 2.15. The van der Waals surface area contributed by atoms with Crippen LogP contribution in [0, 0.1) is 0 Å². The lowest BCUT2D eigenvalue weighted by Gasteiger charge is -2.26. The quantitative estimate of drug-likeness (QED) is 0.0195. The van der Waals surface area contributed by atoms with E-state index in [9.17, 15) is 19.5 Å². The molecule has 9 heteroatoms. The van der Waals surface area contributed by atoms with Crippen LogP contribution in [0.15, 0.2) is 109 Å². The number of carbonyl (C=O) groups is 3. The first-order chi connectivity index (χ1) is 36.6. The average molecular weight is 1050 g/mol. The molecule has 0 aromatic heterocycles. The van der Waals surface area contributed by atoms with Crippen LogP contribution < -0.4 is 5.11 Å². The summed E-state index contributed by atoms with van der Waals surface area (Å²) in [5, 5.41) is 11.8. The van der Waals surface area contributed by atoms with Crippen molar-refractivity contribution in [3.05, 3.63) is 109 Å². The molecule has 0 aliphatic rings. The second-order valence-electron chi connectivity index (χ2n) is 20.9. The van der Waals surface area contributed by atoms with Crippen LogP contribution in [0.1, 0.15) is 232 Å². The molecule has 0 aliphatic heterocycles. The van der Waals surface area contributed by atoms with Gasteiger partial charge in [0.2, 0.25) is 0 Å². The minimum absolute atomic E-state index is 0.139. The van der Waals surface area contributed by atoms with Crippen LogP contribution >= 0.6 is 0 Å². The highest BCUT2D eigenvalue weighted by molar-refractivity contribution is 5.70. The van der Waals surface area contributed by atoms with Gasteiger partial charge in [-0.05, 0) is 103 Å². The lowest BCUT2D eigenvalue weighted by Crippen LogP contribution is -2.44. The number of nitrogens with zero attached hydrogens (tertiary/aromatic N) is 1. The van der Waals surface area contributed by atoms with Crippen molar-refractivity contribution in [1.29, 1.82) is 0 Å². The Morgan fingerprint density at radius 2 is 0.760 bits per heavy atom. The third-order valence-electron chi connectivity index (χ3n) is 12.5. The van der Waals surface area contributed by atoms with E-state index in [1.165, 1.54) is 89.9 Å². The largest absolute Gasteiger partial charge is 0.545 e. The summed E-state index contributed by atoms with van der Waals surface area (Å²) in [6.45, 7) is 4.60. The topological polar surface area (TPSA) is 111 Å². The number of rotatable bonds is 54. The van der Waals surface area contributed by atoms with Crippen LogP contribution in [0.3, 0.4) is 0 Å². The zero-order chi connectivity index (χ0) is 54.8. The van der Waals surface area contributed by atoms with Gasteiger partial charge in [0, 0.05) is 12.8 Å². The molecule has 2 unspecified atom stereocenters. The number of aliphatic carboxylic acids is 1. The maximum absolute atomic E-state index is 12.9. The summed E-state index contributed by atoms with van der Waals surface area (Å²) >= 11 is 0. The van der Waals surface area contributed by atoms with Crippen molar-refractivity contribution >= 4 is 17.9 Å². The first-order valence-corrected chi connectivity index (χ1v) is 30.0. The Balaban J connectivity index is 4.30. The molecular weight excluding hydrogens is 935 g/mol. The Morgan fingerprint density at radius 3 is 1.13 bits per heavy atom. The summed E-state index contributed by atoms with van der Waals surface area (Å²) in [7, 11) is 5.91. The lowest BCUT2D eigenvalue weighted by molar-refractivity contribution is -0.870. The summed E-state index contributed by atoms with van der Waals surface area (Å²) in [5.41, 5.74) is 0. The molecule has 0 saturated carbocycles. The van der Waals surface area contributed by atoms with Gasteiger partial charge >= 0.3 is 11.9 Å². The van der Waals surface area contributed by atoms with E-state index in [0.717, 1.165) is 109 Å². The van der Waals surface area contributed by atoms with Crippen LogP contribution in [0.2, 0.25) is 0 Å². The molecule has 0 bridgehead atoms. The van der Waals surface area contributed by atoms with Crippen LogP contribution in [0.4, 0.5) is 0 Å². The lowest BCUT2D eigenvalue weighted by atomic mass is 10.1. The maximum Gasteiger partial charge on any atom is 0.306 e. The van der Waals surface area contributed by atoms with Crippen LogP contribution in [-0.4, -0.2) is 82.3 Å². The van der Waals surface area contributed by atoms with E-state index in [0.29, 0.717) is 17.4 Å². The van der Waals surface area contributed by atoms with Gasteiger partial charge in [0.05, 0.1) is 40.3 Å². The highest BCUT2D eigenvalue weighted by Gasteiger charge is 2.22. The first kappa shape index (κ1) is 71.0. The Hall–Kier alpha value is -4.05. The van der Waals surface area contributed by atoms with Crippen molar-refractivity contribution < 1.29 is 42.9 Å². The van der Waals surface area contributed by atoms with E-state index in [4.69, 9.17) is 18.9 Å². The van der Waals surface area contributed by atoms with Gasteiger partial charge in [0.25, 0.3) is 0 Å². The summed E-state index contributed by atoms with van der Waals surface area (Å²) in [4.78, 5) is 37.3. The number of unbranched alkanes of at least 4 members (excludes halogenated alkanes) is 21. The SMILES string of the molecule is CC/C=C\C/C=C\C/C=C\C/C=C\C/C=C\C/C=C\C/C=C\CCCCCCCCCC(=O)OC(COC(=O)CCCCCCCCCCC/C=C\C/C=C\CCCCCCC)COC(OCC[N+](C)(C)C)C(=O)[O-]. The van der Waals surface area contributed by atoms with Gasteiger partial charge in [-0.15, -0.1) is 0 Å². The normalized spacial score (nSPS) is 13.6. The number of quaternary nitrogens is 1. The molecule has 0 rings (SSSR count). The molecule has 75 heavy (non-hydrogen) atoms. The molecule has 0 aromatic carbocycles. The van der Waals surface area contributed by atoms with Gasteiger partial charge in [-0.1, -0.05) is 226 Å². The fourth-order valence-electron chi connectivity index (χ4n) is 7.90. The van der Waals surface area contributed by atoms with Gasteiger partial charge in [-0.3, -0.25) is 9.59 Å². The Bertz CT molecular complexity index is 1590. The molecule has 0 fully saturated rings. The molecule has 0 saturated heterocycles. The number of allylic oxidation sites excluding steroid dienone is 18. The molecule has 0 heterocycles. The fraction of sp³-hybridized carbons (Fsp3) is 0.682. The van der Waals surface area contributed by atoms with Gasteiger partial charge in [-0.2, -0.15) is 0 Å². The number of carbonyl (C=O) groups excluding carboxylic acids is 3. The number of carboxylic acid groups (broad SMARTS) is 1. The zero-order valence-electron chi connectivity index (χ0n) is 48.6. The van der Waals surface area contributed by atoms with Gasteiger partial charge < -0.3 is 33.3 Å². The van der Waals surface area contributed by atoms with Crippen molar-refractivity contribution in [3.8, 4) is 0 Å². The van der Waals surface area contributed by atoms with Crippen molar-refractivity contribution in [2.24, 2.45) is 0 Å². The number of hydrogen-bond donors (Lipinski definition) is 0. The molecule has 0 aromatic rings. The van der Waals surface area contributed by atoms with E-state index < -0.39 is 24.3 Å². The second-order valence-corrected chi connectivity index (χ2v) is 20.9. The van der Waals surface area contributed by atoms with Crippen molar-refractivity contribution in [2.75, 3.05) is 47.5 Å². The molecule has 2 atom stereocenters. The number of likely N-dealkylation sites (N-methyl/N-ethyl adjacent to an activating group) is 1. The summed E-state index contributed by atoms with van der Waals surface area (Å²) in [5.74, 6) is -2.31. The predicted octanol–water partition coefficient (Wildman–Crippen LogP) is 16.6. The number of esters is 2. The average Bonchev–Trinajstić information content (AvgIpc) is 3.38. The van der Waals surface area contributed by atoms with Crippen molar-refractivity contribution in [2.45, 2.75) is 245 Å². The molecule has 0 amide bonds. The predicted molar refractivity (Wildman–Crippen MR) is 315 cm³/mol. The first-order valence-electron chi connectivity index (χ1n) is 30.0. The van der Waals surface area contributed by atoms with Crippen molar-refractivity contribution in [3.63, 3.8) is 0 Å². The molecule has 9 nitrogen and oxygen atoms in total. The van der Waals surface area contributed by atoms with Crippen LogP contribution in [-0.2, 0) is 33.3 Å². The van der Waals surface area contributed by atoms with E-state index in [1.54, 1.807) is 0 Å². The standard InChI is InChI=1S/C66H111NO8/c1-6-8-10-12-14-16-18-20-22-24-26-28-29-30-31-32-33-34-35-37-39-41-43-45-47-49-51-53-55-57-64(69)75-62(61-74-66(65(70)71)72-59-58-67(3,4)5)60-73-63(68)56-54-52-50-48-46-44-42-40-38-36-27-25-23-21-19-17-15-13-11-9-7-2/h8,10,14,16,19-22,25-28,30-31,33-34,37,39,62,66H,6-7,9,11-13,15,17-18,23-24,29,32,35-36,38,40-61H2,1-5H3/b10-8-,16-14-,21-19-,22-20-,27-25-,28-26-,31-30-,34-33-,39-37-. The van der Waals surface area contributed by atoms with E-state index in [-0.39, 0.29) is 38.6 Å². The number of ether oxygens (including phenoxy) is 4. The summed E-state index contributed by atoms with van der Waals surface area (Å²) < 4.78 is 22.7. The molecule has 0 N–H and O–H groups in total. The number of hydrogen-bond acceptors (Lipinski definition) is 8. The number of carboxylic acids is 1. The van der Waals surface area contributed by atoms with E-state index in [1.807, 2.05) is 21.1 Å². The third kappa shape index (κ3) is 57.5. The molecular formula is C66H111NO8. The highest BCUT2D eigenvalue weighted by atomic mass is 16.7. The van der Waals surface area contributed by atoms with Crippen LogP contribution in [0.25, 0.3) is 0 Å². The monoisotopic (exact) mass is 1050 g/mol. The zero-order valence-corrected chi connectivity index (χ0v) is 48.6. The van der Waals surface area contributed by atoms with Gasteiger partial charge in [0.1, 0.15) is 13.2 Å². The minimum Gasteiger partial charge on any atom is -0.545 e. The summed E-state index contributed by atoms with van der Waals surface area (Å²) in [6.07, 6.45) is 74.1. The smallest absolute Gasteiger partial charge is 0.306 e. The Kier molecular flexibility index (Phi) is 53.1. The van der Waals surface area contributed by atoms with E-state index >= 15 is 0 Å². The minimum atomic E-state index is -1.63. The van der Waals surface area contributed by atoms with Crippen molar-refractivity contribution in [1.82, 2.24) is 0 Å². The third-order valence-corrected chi connectivity index (χ3v) is 12.5. The van der Waals surface area contributed by atoms with E-state index in [2.05, 4.69) is 123 Å². The molecule has 0 aliphatic carbocycles. The fourth-order valence-corrected chi connectivity index (χ4v) is 7.90. The van der Waals surface area contributed by atoms with Gasteiger partial charge in [0.15, 0.2) is 12.4 Å². The Labute approximate surface area is 460 Å². The molecule has 428 valence electrons. The van der Waals surface area contributed by atoms with Gasteiger partial charge in [-0.25, -0.2) is 0 Å². The Morgan fingerprint density at radius 1 is 0.413 bits per heavy atom. The maximum atomic E-state index is 12.9.